The molecular formula is C14H19N5. The van der Waals surface area contributed by atoms with Crippen molar-refractivity contribution < 1.29 is 0 Å². The van der Waals surface area contributed by atoms with Crippen LogP contribution in [-0.2, 0) is 26.4 Å². The van der Waals surface area contributed by atoms with Gasteiger partial charge in [0, 0.05) is 36.6 Å². The summed E-state index contributed by atoms with van der Waals surface area (Å²) in [5.41, 5.74) is 3.70. The maximum absolute atomic E-state index is 4.43. The van der Waals surface area contributed by atoms with E-state index in [0.29, 0.717) is 0 Å². The maximum Gasteiger partial charge on any atom is 0.133 e. The number of hydrogen-bond donors (Lipinski definition) is 1. The fourth-order valence-electron chi connectivity index (χ4n) is 2.60. The molecule has 0 aromatic carbocycles. The molecule has 2 aromatic rings. The van der Waals surface area contributed by atoms with Crippen molar-refractivity contribution in [1.82, 2.24) is 19.7 Å². The topological polar surface area (TPSA) is 55.6 Å². The molecule has 0 bridgehead atoms. The number of rotatable bonds is 3. The molecule has 0 atom stereocenters. The van der Waals surface area contributed by atoms with E-state index >= 15 is 0 Å². The highest BCUT2D eigenvalue weighted by Crippen LogP contribution is 2.24. The average Bonchev–Trinajstić information content (AvgIpc) is 2.69. The summed E-state index contributed by atoms with van der Waals surface area (Å²) in [5.74, 6) is 0.996. The predicted molar refractivity (Wildman–Crippen MR) is 73.8 cm³/mol. The van der Waals surface area contributed by atoms with Crippen molar-refractivity contribution in [3.63, 3.8) is 0 Å². The summed E-state index contributed by atoms with van der Waals surface area (Å²) in [4.78, 5) is 8.84. The first kappa shape index (κ1) is 12.1. The summed E-state index contributed by atoms with van der Waals surface area (Å²) in [6, 6.07) is 0. The molecule has 3 rings (SSSR count). The Balaban J connectivity index is 1.77. The molecule has 0 unspecified atom stereocenters. The zero-order valence-electron chi connectivity index (χ0n) is 11.3. The summed E-state index contributed by atoms with van der Waals surface area (Å²) >= 11 is 0. The van der Waals surface area contributed by atoms with Gasteiger partial charge in [0.25, 0.3) is 0 Å². The van der Waals surface area contributed by atoms with Crippen molar-refractivity contribution in [3.8, 4) is 0 Å². The maximum atomic E-state index is 4.43. The van der Waals surface area contributed by atoms with Gasteiger partial charge in [-0.1, -0.05) is 6.42 Å². The molecule has 1 N–H and O–H groups in total. The monoisotopic (exact) mass is 257 g/mol. The molecule has 100 valence electrons. The van der Waals surface area contributed by atoms with E-state index in [1.807, 2.05) is 24.1 Å². The number of nitrogens with one attached hydrogen (secondary N) is 1. The van der Waals surface area contributed by atoms with Crippen LogP contribution in [0.15, 0.2) is 18.7 Å². The second kappa shape index (κ2) is 5.38. The van der Waals surface area contributed by atoms with Crippen LogP contribution in [0.5, 0.6) is 0 Å². The van der Waals surface area contributed by atoms with E-state index in [1.165, 1.54) is 36.1 Å². The minimum Gasteiger partial charge on any atom is -0.366 e. The van der Waals surface area contributed by atoms with Gasteiger partial charge >= 0.3 is 0 Å². The fraction of sp³-hybridized carbons (Fsp3) is 0.500. The molecule has 19 heavy (non-hydrogen) atoms. The SMILES string of the molecule is Cn1cc(CNc2ncnc3c2CCCCC3)cn1. The fourth-order valence-corrected chi connectivity index (χ4v) is 2.60. The van der Waals surface area contributed by atoms with Crippen LogP contribution in [0.1, 0.15) is 36.1 Å². The third-order valence-electron chi connectivity index (χ3n) is 3.59. The summed E-state index contributed by atoms with van der Waals surface area (Å²) in [5, 5.41) is 7.60. The lowest BCUT2D eigenvalue weighted by Gasteiger charge is -2.11. The Morgan fingerprint density at radius 1 is 1.21 bits per heavy atom. The van der Waals surface area contributed by atoms with Gasteiger partial charge in [0.2, 0.25) is 0 Å². The number of anilines is 1. The van der Waals surface area contributed by atoms with Crippen LogP contribution in [0.3, 0.4) is 0 Å². The van der Waals surface area contributed by atoms with E-state index in [4.69, 9.17) is 0 Å². The lowest BCUT2D eigenvalue weighted by molar-refractivity contribution is 0.709. The predicted octanol–water partition coefficient (Wildman–Crippen LogP) is 2.09. The lowest BCUT2D eigenvalue weighted by atomic mass is 10.1. The van der Waals surface area contributed by atoms with Crippen LogP contribution in [0.4, 0.5) is 5.82 Å². The number of hydrogen-bond acceptors (Lipinski definition) is 4. The van der Waals surface area contributed by atoms with Crippen molar-refractivity contribution >= 4 is 5.82 Å². The Labute approximate surface area is 113 Å². The van der Waals surface area contributed by atoms with Crippen molar-refractivity contribution in [2.75, 3.05) is 5.32 Å². The zero-order chi connectivity index (χ0) is 13.1. The van der Waals surface area contributed by atoms with Gasteiger partial charge in [0.05, 0.1) is 6.20 Å². The Morgan fingerprint density at radius 3 is 2.95 bits per heavy atom. The third-order valence-corrected chi connectivity index (χ3v) is 3.59. The van der Waals surface area contributed by atoms with Gasteiger partial charge < -0.3 is 5.32 Å². The first-order chi connectivity index (χ1) is 9.33. The molecule has 1 aliphatic rings. The van der Waals surface area contributed by atoms with Crippen LogP contribution in [-0.4, -0.2) is 19.7 Å². The first-order valence-electron chi connectivity index (χ1n) is 6.87. The van der Waals surface area contributed by atoms with Gasteiger partial charge in [-0.25, -0.2) is 9.97 Å². The smallest absolute Gasteiger partial charge is 0.133 e. The van der Waals surface area contributed by atoms with Gasteiger partial charge in [-0.2, -0.15) is 5.10 Å². The van der Waals surface area contributed by atoms with Gasteiger partial charge in [0.15, 0.2) is 0 Å². The number of fused-ring (bicyclic) bond motifs is 1. The zero-order valence-corrected chi connectivity index (χ0v) is 11.3. The van der Waals surface area contributed by atoms with Crippen LogP contribution < -0.4 is 5.32 Å². The minimum atomic E-state index is 0.761. The summed E-state index contributed by atoms with van der Waals surface area (Å²) in [7, 11) is 1.93. The van der Waals surface area contributed by atoms with E-state index in [9.17, 15) is 0 Å². The van der Waals surface area contributed by atoms with Crippen molar-refractivity contribution in [2.24, 2.45) is 7.05 Å². The normalized spacial score (nSPS) is 14.8. The van der Waals surface area contributed by atoms with E-state index in [1.54, 1.807) is 6.33 Å². The van der Waals surface area contributed by atoms with Crippen molar-refractivity contribution in [1.29, 1.82) is 0 Å². The molecule has 0 amide bonds. The van der Waals surface area contributed by atoms with E-state index in [2.05, 4.69) is 20.4 Å². The highest BCUT2D eigenvalue weighted by atomic mass is 15.2. The molecular weight excluding hydrogens is 238 g/mol. The van der Waals surface area contributed by atoms with Crippen LogP contribution in [0, 0.1) is 0 Å². The molecule has 0 fully saturated rings. The average molecular weight is 257 g/mol. The second-order valence-corrected chi connectivity index (χ2v) is 5.08. The van der Waals surface area contributed by atoms with Gasteiger partial charge in [-0.05, 0) is 25.7 Å². The molecule has 2 aromatic heterocycles. The van der Waals surface area contributed by atoms with Crippen LogP contribution >= 0.6 is 0 Å². The van der Waals surface area contributed by atoms with E-state index < -0.39 is 0 Å². The minimum absolute atomic E-state index is 0.761. The molecule has 0 saturated heterocycles. The highest BCUT2D eigenvalue weighted by molar-refractivity contribution is 5.46. The molecule has 0 aliphatic heterocycles. The number of aromatic nitrogens is 4. The molecule has 5 heteroatoms. The van der Waals surface area contributed by atoms with E-state index in [0.717, 1.165) is 25.2 Å². The number of nitrogens with zero attached hydrogens (tertiary/aromatic N) is 4. The van der Waals surface area contributed by atoms with Crippen molar-refractivity contribution in [3.05, 3.63) is 35.5 Å². The third kappa shape index (κ3) is 2.75. The van der Waals surface area contributed by atoms with Crippen LogP contribution in [0.2, 0.25) is 0 Å². The first-order valence-corrected chi connectivity index (χ1v) is 6.87. The Morgan fingerprint density at radius 2 is 2.11 bits per heavy atom. The second-order valence-electron chi connectivity index (χ2n) is 5.08. The standard InChI is InChI=1S/C14H19N5/c1-19-9-11(8-18-19)7-15-14-12-5-3-2-4-6-13(12)16-10-17-14/h8-10H,2-7H2,1H3,(H,15,16,17). The van der Waals surface area contributed by atoms with Crippen molar-refractivity contribution in [2.45, 2.75) is 38.6 Å². The molecule has 0 saturated carbocycles. The molecule has 1 aliphatic carbocycles. The summed E-state index contributed by atoms with van der Waals surface area (Å²) in [6.45, 7) is 0.761. The molecule has 0 radical (unpaired) electrons. The summed E-state index contributed by atoms with van der Waals surface area (Å²) in [6.07, 6.45) is 11.5. The lowest BCUT2D eigenvalue weighted by Crippen LogP contribution is -2.07. The number of aryl methyl sites for hydroxylation is 2. The van der Waals surface area contributed by atoms with Gasteiger partial charge in [0.1, 0.15) is 12.1 Å². The molecule has 2 heterocycles. The Kier molecular flexibility index (Phi) is 3.44. The summed E-state index contributed by atoms with van der Waals surface area (Å²) < 4.78 is 1.82. The van der Waals surface area contributed by atoms with Gasteiger partial charge in [-0.3, -0.25) is 4.68 Å². The largest absolute Gasteiger partial charge is 0.366 e. The van der Waals surface area contributed by atoms with E-state index in [-0.39, 0.29) is 0 Å². The Hall–Kier alpha value is -1.91. The molecule has 5 nitrogen and oxygen atoms in total. The Bertz CT molecular complexity index is 561. The van der Waals surface area contributed by atoms with Crippen LogP contribution in [0.25, 0.3) is 0 Å². The highest BCUT2D eigenvalue weighted by Gasteiger charge is 2.14. The molecule has 0 spiro atoms. The quantitative estimate of drug-likeness (QED) is 0.855. The van der Waals surface area contributed by atoms with Gasteiger partial charge in [-0.15, -0.1) is 0 Å².